The topological polar surface area (TPSA) is 58.0 Å². The van der Waals surface area contributed by atoms with Crippen molar-refractivity contribution < 1.29 is 5.11 Å². The van der Waals surface area contributed by atoms with Gasteiger partial charge < -0.3 is 10.4 Å². The molecule has 0 aliphatic heterocycles. The van der Waals surface area contributed by atoms with E-state index in [1.807, 2.05) is 73.7 Å². The fraction of sp³-hybridized carbons (Fsp3) is 0.0909. The number of halogens is 1. The number of hydrogen-bond donors (Lipinski definition) is 2. The molecule has 2 aromatic carbocycles. The van der Waals surface area contributed by atoms with Crippen molar-refractivity contribution in [2.75, 3.05) is 5.32 Å². The van der Waals surface area contributed by atoms with E-state index in [2.05, 4.69) is 15.3 Å². The van der Waals surface area contributed by atoms with Gasteiger partial charge in [0.15, 0.2) is 0 Å². The highest BCUT2D eigenvalue weighted by Gasteiger charge is 2.22. The lowest BCUT2D eigenvalue weighted by Gasteiger charge is -2.23. The van der Waals surface area contributed by atoms with Gasteiger partial charge in [-0.2, -0.15) is 0 Å². The summed E-state index contributed by atoms with van der Waals surface area (Å²) >= 11 is 6.47. The molecule has 0 spiro atoms. The number of aromatic nitrogens is 2. The number of anilines is 1. The monoisotopic (exact) mass is 375 g/mol. The van der Waals surface area contributed by atoms with E-state index in [4.69, 9.17) is 11.6 Å². The zero-order valence-corrected chi connectivity index (χ0v) is 15.5. The molecule has 4 nitrogen and oxygen atoms in total. The normalized spacial score (nSPS) is 12.1. The van der Waals surface area contributed by atoms with Crippen LogP contribution < -0.4 is 5.32 Å². The van der Waals surface area contributed by atoms with Gasteiger partial charge in [-0.05, 0) is 36.8 Å². The summed E-state index contributed by atoms with van der Waals surface area (Å²) in [5, 5.41) is 15.9. The Balaban J connectivity index is 1.89. The zero-order valence-electron chi connectivity index (χ0n) is 14.7. The van der Waals surface area contributed by atoms with Crippen LogP contribution in [-0.2, 0) is 0 Å². The molecular formula is C22H18ClN3O. The summed E-state index contributed by atoms with van der Waals surface area (Å²) in [6, 6.07) is 20.6. The number of hydrogen-bond acceptors (Lipinski definition) is 4. The highest BCUT2D eigenvalue weighted by molar-refractivity contribution is 6.31. The van der Waals surface area contributed by atoms with E-state index in [1.165, 1.54) is 0 Å². The number of aromatic hydroxyl groups is 1. The molecule has 2 aromatic heterocycles. The van der Waals surface area contributed by atoms with Gasteiger partial charge in [-0.25, -0.2) is 9.97 Å². The molecule has 2 N–H and O–H groups in total. The Hall–Kier alpha value is -3.11. The lowest BCUT2D eigenvalue weighted by Crippen LogP contribution is -2.14. The van der Waals surface area contributed by atoms with Gasteiger partial charge in [0, 0.05) is 27.9 Å². The predicted molar refractivity (Wildman–Crippen MR) is 109 cm³/mol. The van der Waals surface area contributed by atoms with E-state index >= 15 is 0 Å². The lowest BCUT2D eigenvalue weighted by atomic mass is 9.96. The van der Waals surface area contributed by atoms with Gasteiger partial charge in [0.05, 0.1) is 6.04 Å². The number of nitrogens with zero attached hydrogens (tertiary/aromatic N) is 2. The maximum atomic E-state index is 11.0. The second-order valence-corrected chi connectivity index (χ2v) is 6.75. The summed E-state index contributed by atoms with van der Waals surface area (Å²) in [6.45, 7) is 1.91. The molecule has 0 fully saturated rings. The minimum Gasteiger partial charge on any atom is -0.505 e. The molecule has 1 unspecified atom stereocenters. The highest BCUT2D eigenvalue weighted by atomic mass is 35.5. The summed E-state index contributed by atoms with van der Waals surface area (Å²) in [5.74, 6) is 0.837. The number of rotatable bonds is 4. The van der Waals surface area contributed by atoms with Gasteiger partial charge in [-0.1, -0.05) is 54.1 Å². The quantitative estimate of drug-likeness (QED) is 0.494. The van der Waals surface area contributed by atoms with Crippen LogP contribution in [0.3, 0.4) is 0 Å². The fourth-order valence-corrected chi connectivity index (χ4v) is 3.39. The van der Waals surface area contributed by atoms with Crippen molar-refractivity contribution >= 4 is 28.3 Å². The molecule has 0 aliphatic carbocycles. The summed E-state index contributed by atoms with van der Waals surface area (Å²) in [7, 11) is 0. The molecule has 4 aromatic rings. The minimum atomic E-state index is -0.375. The number of nitrogens with one attached hydrogen (secondary N) is 1. The van der Waals surface area contributed by atoms with Crippen molar-refractivity contribution in [3.8, 4) is 5.75 Å². The van der Waals surface area contributed by atoms with E-state index in [-0.39, 0.29) is 11.8 Å². The third-order valence-electron chi connectivity index (χ3n) is 4.49. The van der Waals surface area contributed by atoms with Crippen molar-refractivity contribution in [3.05, 3.63) is 94.8 Å². The number of phenols is 1. The van der Waals surface area contributed by atoms with Crippen molar-refractivity contribution in [3.63, 3.8) is 0 Å². The molecule has 0 saturated carbocycles. The van der Waals surface area contributed by atoms with Gasteiger partial charge in [0.1, 0.15) is 17.1 Å². The van der Waals surface area contributed by atoms with Crippen LogP contribution in [0.15, 0.2) is 72.9 Å². The third-order valence-corrected chi connectivity index (χ3v) is 4.83. The van der Waals surface area contributed by atoms with Crippen LogP contribution in [0.1, 0.15) is 22.9 Å². The standard InChI is InChI=1S/C22H18ClN3O/c1-14-9-10-15-11-12-17(22(27)20(15)25-14)21(16-6-2-3-7-18(16)23)26-19-8-4-5-13-24-19/h2-13,21,27H,1H3,(H,24,26). The molecule has 1 atom stereocenters. The second-order valence-electron chi connectivity index (χ2n) is 6.34. The molecule has 0 radical (unpaired) electrons. The molecule has 27 heavy (non-hydrogen) atoms. The van der Waals surface area contributed by atoms with Crippen LogP contribution in [0.4, 0.5) is 5.82 Å². The maximum absolute atomic E-state index is 11.0. The number of fused-ring (bicyclic) bond motifs is 1. The van der Waals surface area contributed by atoms with Gasteiger partial charge >= 0.3 is 0 Å². The SMILES string of the molecule is Cc1ccc2ccc(C(Nc3ccccn3)c3ccccc3Cl)c(O)c2n1. The van der Waals surface area contributed by atoms with Crippen LogP contribution in [0.2, 0.25) is 5.02 Å². The van der Waals surface area contributed by atoms with Crippen LogP contribution >= 0.6 is 11.6 Å². The van der Waals surface area contributed by atoms with Crippen LogP contribution in [0, 0.1) is 6.92 Å². The van der Waals surface area contributed by atoms with Gasteiger partial charge in [-0.15, -0.1) is 0 Å². The molecule has 0 aliphatic rings. The van der Waals surface area contributed by atoms with E-state index in [9.17, 15) is 5.11 Å². The van der Waals surface area contributed by atoms with Crippen LogP contribution in [-0.4, -0.2) is 15.1 Å². The Kier molecular flexibility index (Phi) is 4.65. The number of pyridine rings is 2. The molecular weight excluding hydrogens is 358 g/mol. The van der Waals surface area contributed by atoms with Crippen molar-refractivity contribution in [1.29, 1.82) is 0 Å². The minimum absolute atomic E-state index is 0.143. The Bertz CT molecular complexity index is 1100. The first-order valence-electron chi connectivity index (χ1n) is 8.65. The van der Waals surface area contributed by atoms with Gasteiger partial charge in [0.25, 0.3) is 0 Å². The first-order chi connectivity index (χ1) is 13.1. The second kappa shape index (κ2) is 7.25. The van der Waals surface area contributed by atoms with Crippen molar-refractivity contribution in [1.82, 2.24) is 9.97 Å². The Labute approximate surface area is 162 Å². The van der Waals surface area contributed by atoms with Gasteiger partial charge in [0.2, 0.25) is 0 Å². The van der Waals surface area contributed by atoms with E-state index in [0.717, 1.165) is 16.6 Å². The number of phenolic OH excluding ortho intramolecular Hbond substituents is 1. The molecule has 0 saturated heterocycles. The number of aryl methyl sites for hydroxylation is 1. The molecule has 0 bridgehead atoms. The summed E-state index contributed by atoms with van der Waals surface area (Å²) < 4.78 is 0. The maximum Gasteiger partial charge on any atom is 0.147 e. The third kappa shape index (κ3) is 3.44. The van der Waals surface area contributed by atoms with E-state index in [1.54, 1.807) is 6.20 Å². The zero-order chi connectivity index (χ0) is 18.8. The number of benzene rings is 2. The Morgan fingerprint density at radius 1 is 0.926 bits per heavy atom. The van der Waals surface area contributed by atoms with Crippen molar-refractivity contribution in [2.24, 2.45) is 0 Å². The Morgan fingerprint density at radius 2 is 1.70 bits per heavy atom. The predicted octanol–water partition coefficient (Wildman–Crippen LogP) is 5.50. The van der Waals surface area contributed by atoms with Crippen molar-refractivity contribution in [2.45, 2.75) is 13.0 Å². The smallest absolute Gasteiger partial charge is 0.147 e. The molecule has 2 heterocycles. The lowest BCUT2D eigenvalue weighted by molar-refractivity contribution is 0.471. The summed E-state index contributed by atoms with van der Waals surface area (Å²) in [5.41, 5.74) is 2.97. The molecule has 0 amide bonds. The fourth-order valence-electron chi connectivity index (χ4n) is 3.15. The molecule has 4 rings (SSSR count). The van der Waals surface area contributed by atoms with Crippen LogP contribution in [0.25, 0.3) is 10.9 Å². The van der Waals surface area contributed by atoms with Gasteiger partial charge in [-0.3, -0.25) is 0 Å². The average molecular weight is 376 g/mol. The van der Waals surface area contributed by atoms with Crippen LogP contribution in [0.5, 0.6) is 5.75 Å². The average Bonchev–Trinajstić information content (AvgIpc) is 2.69. The largest absolute Gasteiger partial charge is 0.505 e. The first-order valence-corrected chi connectivity index (χ1v) is 9.02. The molecule has 5 heteroatoms. The summed E-state index contributed by atoms with van der Waals surface area (Å²) in [6.07, 6.45) is 1.72. The van der Waals surface area contributed by atoms with E-state index in [0.29, 0.717) is 21.9 Å². The Morgan fingerprint density at radius 3 is 2.48 bits per heavy atom. The summed E-state index contributed by atoms with van der Waals surface area (Å²) in [4.78, 5) is 8.87. The molecule has 134 valence electrons. The first kappa shape index (κ1) is 17.3. The van der Waals surface area contributed by atoms with E-state index < -0.39 is 0 Å². The highest BCUT2D eigenvalue weighted by Crippen LogP contribution is 2.38.